The van der Waals surface area contributed by atoms with Crippen molar-refractivity contribution in [1.82, 2.24) is 4.98 Å². The van der Waals surface area contributed by atoms with Gasteiger partial charge in [-0.05, 0) is 36.5 Å². The third-order valence-electron chi connectivity index (χ3n) is 6.03. The minimum atomic E-state index is -1.65. The highest BCUT2D eigenvalue weighted by atomic mass is 35.5. The largest absolute Gasteiger partial charge is 0.511 e. The van der Waals surface area contributed by atoms with Gasteiger partial charge >= 0.3 is 6.16 Å². The molecule has 0 spiro atoms. The quantitative estimate of drug-likeness (QED) is 0.461. The van der Waals surface area contributed by atoms with Crippen molar-refractivity contribution in [1.29, 1.82) is 0 Å². The molecule has 2 fully saturated rings. The van der Waals surface area contributed by atoms with Crippen LogP contribution in [0, 0.1) is 11.8 Å². The number of carbonyl (C=O) groups is 1. The Morgan fingerprint density at radius 1 is 1.28 bits per heavy atom. The zero-order valence-corrected chi connectivity index (χ0v) is 16.2. The smallest absolute Gasteiger partial charge is 0.504 e. The number of pyridine rings is 1. The number of anilines is 2. The fraction of sp³-hybridized carbons (Fsp3) is 0.368. The van der Waals surface area contributed by atoms with Gasteiger partial charge in [0.25, 0.3) is 5.56 Å². The Bertz CT molecular complexity index is 1040. The van der Waals surface area contributed by atoms with E-state index in [9.17, 15) is 14.7 Å². The molecule has 3 atom stereocenters. The number of benzene rings is 1. The molecule has 2 aliphatic heterocycles. The predicted molar refractivity (Wildman–Crippen MR) is 109 cm³/mol. The lowest BCUT2D eigenvalue weighted by Gasteiger charge is -2.23. The summed E-state index contributed by atoms with van der Waals surface area (Å²) in [4.78, 5) is 28.1. The first kappa shape index (κ1) is 19.4. The summed E-state index contributed by atoms with van der Waals surface area (Å²) in [5.74, 6) is 0.120. The van der Waals surface area contributed by atoms with Crippen molar-refractivity contribution in [3.8, 4) is 22.8 Å². The number of piperidine rings is 1. The van der Waals surface area contributed by atoms with E-state index in [1.165, 1.54) is 0 Å². The predicted octanol–water partition coefficient (Wildman–Crippen LogP) is 1.59. The Labute approximate surface area is 171 Å². The van der Waals surface area contributed by atoms with Gasteiger partial charge in [-0.25, -0.2) is 4.79 Å². The minimum absolute atomic E-state index is 0. The number of nitrogens with one attached hydrogen (secondary N) is 2. The molecule has 1 saturated carbocycles. The van der Waals surface area contributed by atoms with Crippen molar-refractivity contribution in [3.05, 3.63) is 34.1 Å². The molecule has 2 aromatic rings. The average molecular weight is 421 g/mol. The standard InChI is InChI=1S/C19H20N4O5.ClH/c20-14-11-6-23(7-12(11)14)8-1-2-9-13(5-8)21-4-3-10-15(9)22-18(25)17(16(10)24)28-19(26)27;/h1-2,5,11-12,14,21H,3-4,6-7,20H2,(H,26,27)(H2,22,24,25);1H/t11-,12+,14?;. The average Bonchev–Trinajstić information content (AvgIpc) is 3.09. The summed E-state index contributed by atoms with van der Waals surface area (Å²) >= 11 is 0. The summed E-state index contributed by atoms with van der Waals surface area (Å²) in [6.07, 6.45) is -1.25. The maximum absolute atomic E-state index is 12.3. The summed E-state index contributed by atoms with van der Waals surface area (Å²) in [6.45, 7) is 2.43. The van der Waals surface area contributed by atoms with Gasteiger partial charge in [0.15, 0.2) is 5.75 Å². The number of halogens is 1. The second-order valence-electron chi connectivity index (χ2n) is 7.57. The molecule has 0 radical (unpaired) electrons. The van der Waals surface area contributed by atoms with Crippen molar-refractivity contribution >= 4 is 29.9 Å². The van der Waals surface area contributed by atoms with E-state index < -0.39 is 23.2 Å². The van der Waals surface area contributed by atoms with Crippen molar-refractivity contribution in [2.24, 2.45) is 17.6 Å². The Hall–Kier alpha value is -2.91. The van der Waals surface area contributed by atoms with E-state index >= 15 is 0 Å². The second kappa shape index (κ2) is 6.85. The number of rotatable bonds is 2. The van der Waals surface area contributed by atoms with Crippen LogP contribution in [0.1, 0.15) is 5.56 Å². The lowest BCUT2D eigenvalue weighted by molar-refractivity contribution is 0.142. The third-order valence-corrected chi connectivity index (χ3v) is 6.03. The van der Waals surface area contributed by atoms with Gasteiger partial charge in [0.2, 0.25) is 5.75 Å². The molecule has 10 heteroatoms. The van der Waals surface area contributed by atoms with Crippen LogP contribution < -0.4 is 26.2 Å². The number of ether oxygens (including phenoxy) is 1. The number of aromatic amines is 1. The normalized spacial score (nSPS) is 23.6. The highest BCUT2D eigenvalue weighted by Crippen LogP contribution is 2.46. The summed E-state index contributed by atoms with van der Waals surface area (Å²) in [7, 11) is 0. The number of H-pyrrole nitrogens is 1. The number of fused-ring (bicyclic) bond motifs is 4. The maximum Gasteiger partial charge on any atom is 0.511 e. The van der Waals surface area contributed by atoms with Crippen LogP contribution in [0.4, 0.5) is 16.2 Å². The van der Waals surface area contributed by atoms with Gasteiger partial charge in [0, 0.05) is 48.2 Å². The van der Waals surface area contributed by atoms with Gasteiger partial charge in [-0.15, -0.1) is 12.4 Å². The molecule has 154 valence electrons. The fourth-order valence-corrected chi connectivity index (χ4v) is 4.46. The van der Waals surface area contributed by atoms with E-state index in [2.05, 4.69) is 19.9 Å². The molecule has 1 aromatic carbocycles. The lowest BCUT2D eigenvalue weighted by atomic mass is 10.0. The van der Waals surface area contributed by atoms with Gasteiger partial charge < -0.3 is 35.9 Å². The third kappa shape index (κ3) is 3.06. The van der Waals surface area contributed by atoms with E-state index in [0.29, 0.717) is 42.1 Å². The zero-order valence-electron chi connectivity index (χ0n) is 15.3. The number of aromatic nitrogens is 1. The summed E-state index contributed by atoms with van der Waals surface area (Å²) in [5, 5.41) is 22.6. The van der Waals surface area contributed by atoms with Crippen molar-refractivity contribution in [2.75, 3.05) is 29.9 Å². The number of aromatic hydroxyl groups is 1. The number of hydrogen-bond donors (Lipinski definition) is 5. The SMILES string of the molecule is Cl.NC1[C@H]2CN(c3ccc4c(c3)NCCc3c-4[nH]c(=O)c(OC(=O)O)c3O)C[C@@H]12. The molecule has 1 saturated heterocycles. The van der Waals surface area contributed by atoms with Crippen LogP contribution in [-0.2, 0) is 6.42 Å². The van der Waals surface area contributed by atoms with Crippen molar-refractivity contribution < 1.29 is 19.7 Å². The van der Waals surface area contributed by atoms with E-state index in [0.717, 1.165) is 30.0 Å². The maximum atomic E-state index is 12.3. The van der Waals surface area contributed by atoms with E-state index in [4.69, 9.17) is 10.8 Å². The monoisotopic (exact) mass is 420 g/mol. The van der Waals surface area contributed by atoms with Gasteiger partial charge in [0.1, 0.15) is 0 Å². The first-order valence-electron chi connectivity index (χ1n) is 9.21. The molecule has 3 heterocycles. The fourth-order valence-electron chi connectivity index (χ4n) is 4.46. The van der Waals surface area contributed by atoms with Crippen LogP contribution >= 0.6 is 12.4 Å². The first-order valence-corrected chi connectivity index (χ1v) is 9.21. The van der Waals surface area contributed by atoms with Crippen molar-refractivity contribution in [2.45, 2.75) is 12.5 Å². The highest BCUT2D eigenvalue weighted by Gasteiger charge is 2.53. The van der Waals surface area contributed by atoms with E-state index in [1.807, 2.05) is 18.2 Å². The molecule has 1 unspecified atom stereocenters. The first-order chi connectivity index (χ1) is 13.4. The molecule has 1 aromatic heterocycles. The van der Waals surface area contributed by atoms with E-state index in [1.54, 1.807) is 0 Å². The molecule has 29 heavy (non-hydrogen) atoms. The molecule has 0 bridgehead atoms. The molecular weight excluding hydrogens is 400 g/mol. The van der Waals surface area contributed by atoms with Gasteiger partial charge in [-0.2, -0.15) is 0 Å². The zero-order chi connectivity index (χ0) is 19.6. The molecule has 3 aliphatic rings. The number of hydrogen-bond acceptors (Lipinski definition) is 7. The number of nitrogens with two attached hydrogens (primary N) is 1. The van der Waals surface area contributed by atoms with Gasteiger partial charge in [0.05, 0.1) is 5.69 Å². The van der Waals surface area contributed by atoms with Gasteiger partial charge in [-0.3, -0.25) is 4.79 Å². The molecule has 6 N–H and O–H groups in total. The molecule has 1 aliphatic carbocycles. The van der Waals surface area contributed by atoms with Crippen molar-refractivity contribution in [3.63, 3.8) is 0 Å². The van der Waals surface area contributed by atoms with Crippen LogP contribution in [0.5, 0.6) is 11.5 Å². The number of nitrogens with zero attached hydrogens (tertiary/aromatic N) is 1. The molecule has 9 nitrogen and oxygen atoms in total. The Kier molecular flexibility index (Phi) is 4.59. The van der Waals surface area contributed by atoms with Crippen LogP contribution in [0.2, 0.25) is 0 Å². The van der Waals surface area contributed by atoms with Crippen LogP contribution in [0.15, 0.2) is 23.0 Å². The lowest BCUT2D eigenvalue weighted by Crippen LogP contribution is -2.27. The Morgan fingerprint density at radius 3 is 2.69 bits per heavy atom. The van der Waals surface area contributed by atoms with Crippen LogP contribution in [0.25, 0.3) is 11.3 Å². The summed E-state index contributed by atoms with van der Waals surface area (Å²) < 4.78 is 4.47. The number of carboxylic acid groups (broad SMARTS) is 1. The van der Waals surface area contributed by atoms with Crippen LogP contribution in [0.3, 0.4) is 0 Å². The highest BCUT2D eigenvalue weighted by molar-refractivity contribution is 5.85. The topological polar surface area (TPSA) is 141 Å². The minimum Gasteiger partial charge on any atom is -0.504 e. The molecular formula is C19H21ClN4O5. The van der Waals surface area contributed by atoms with E-state index in [-0.39, 0.29) is 12.4 Å². The van der Waals surface area contributed by atoms with Gasteiger partial charge in [-0.1, -0.05) is 0 Å². The second-order valence-corrected chi connectivity index (χ2v) is 7.57. The van der Waals surface area contributed by atoms with Crippen LogP contribution in [-0.4, -0.2) is 47.0 Å². The molecule has 5 rings (SSSR count). The Morgan fingerprint density at radius 2 is 2.00 bits per heavy atom. The Balaban J connectivity index is 0.00000205. The summed E-state index contributed by atoms with van der Waals surface area (Å²) in [6, 6.07) is 6.26. The summed E-state index contributed by atoms with van der Waals surface area (Å²) in [5.41, 5.74) is 8.84. The molecule has 0 amide bonds.